The van der Waals surface area contributed by atoms with Crippen molar-refractivity contribution >= 4 is 23.2 Å². The fourth-order valence-electron chi connectivity index (χ4n) is 1.90. The SMILES string of the molecule is CCC(=O)Nc1ccccc1C(=O)Nc1ccc(OC)cc1. The molecule has 5 nitrogen and oxygen atoms in total. The van der Waals surface area contributed by atoms with Crippen molar-refractivity contribution in [2.75, 3.05) is 17.7 Å². The highest BCUT2D eigenvalue weighted by Gasteiger charge is 2.12. The van der Waals surface area contributed by atoms with E-state index >= 15 is 0 Å². The van der Waals surface area contributed by atoms with Crippen LogP contribution in [0.25, 0.3) is 0 Å². The number of rotatable bonds is 5. The fraction of sp³-hybridized carbons (Fsp3) is 0.176. The largest absolute Gasteiger partial charge is 0.497 e. The molecule has 22 heavy (non-hydrogen) atoms. The lowest BCUT2D eigenvalue weighted by molar-refractivity contribution is -0.115. The highest BCUT2D eigenvalue weighted by molar-refractivity contribution is 6.10. The Morgan fingerprint density at radius 3 is 2.32 bits per heavy atom. The Bertz CT molecular complexity index is 666. The third-order valence-electron chi connectivity index (χ3n) is 3.11. The van der Waals surface area contributed by atoms with E-state index in [4.69, 9.17) is 4.74 Å². The van der Waals surface area contributed by atoms with Gasteiger partial charge in [0.1, 0.15) is 5.75 Å². The van der Waals surface area contributed by atoms with E-state index in [9.17, 15) is 9.59 Å². The summed E-state index contributed by atoms with van der Waals surface area (Å²) in [4.78, 5) is 23.9. The van der Waals surface area contributed by atoms with Crippen molar-refractivity contribution in [1.82, 2.24) is 0 Å². The molecule has 0 saturated carbocycles. The molecule has 0 heterocycles. The lowest BCUT2D eigenvalue weighted by Gasteiger charge is -2.11. The van der Waals surface area contributed by atoms with Gasteiger partial charge in [0.2, 0.25) is 5.91 Å². The number of carbonyl (C=O) groups excluding carboxylic acids is 2. The van der Waals surface area contributed by atoms with Crippen LogP contribution in [-0.2, 0) is 4.79 Å². The topological polar surface area (TPSA) is 67.4 Å². The minimum atomic E-state index is -0.280. The summed E-state index contributed by atoms with van der Waals surface area (Å²) in [5, 5.41) is 5.52. The lowest BCUT2D eigenvalue weighted by Crippen LogP contribution is -2.17. The van der Waals surface area contributed by atoms with Crippen molar-refractivity contribution in [3.8, 4) is 5.75 Å². The molecular formula is C17H18N2O3. The van der Waals surface area contributed by atoms with Gasteiger partial charge in [-0.25, -0.2) is 0 Å². The van der Waals surface area contributed by atoms with E-state index in [1.165, 1.54) is 0 Å². The van der Waals surface area contributed by atoms with Gasteiger partial charge in [0.25, 0.3) is 5.91 Å². The average Bonchev–Trinajstić information content (AvgIpc) is 2.55. The highest BCUT2D eigenvalue weighted by atomic mass is 16.5. The summed E-state index contributed by atoms with van der Waals surface area (Å²) >= 11 is 0. The van der Waals surface area contributed by atoms with Gasteiger partial charge in [0.15, 0.2) is 0 Å². The monoisotopic (exact) mass is 298 g/mol. The number of methoxy groups -OCH3 is 1. The molecule has 2 rings (SSSR count). The average molecular weight is 298 g/mol. The summed E-state index contributed by atoms with van der Waals surface area (Å²) in [7, 11) is 1.58. The van der Waals surface area contributed by atoms with E-state index in [1.54, 1.807) is 62.6 Å². The summed E-state index contributed by atoms with van der Waals surface area (Å²) in [5.74, 6) is 0.301. The van der Waals surface area contributed by atoms with E-state index in [0.717, 1.165) is 0 Å². The first-order valence-corrected chi connectivity index (χ1v) is 6.98. The second-order valence-corrected chi connectivity index (χ2v) is 4.63. The molecule has 114 valence electrons. The number of para-hydroxylation sites is 1. The molecule has 0 aromatic heterocycles. The number of carbonyl (C=O) groups is 2. The van der Waals surface area contributed by atoms with E-state index in [-0.39, 0.29) is 11.8 Å². The Kier molecular flexibility index (Phi) is 5.14. The van der Waals surface area contributed by atoms with Gasteiger partial charge >= 0.3 is 0 Å². The first kappa shape index (κ1) is 15.6. The van der Waals surface area contributed by atoms with Gasteiger partial charge in [-0.1, -0.05) is 19.1 Å². The highest BCUT2D eigenvalue weighted by Crippen LogP contribution is 2.19. The molecule has 2 N–H and O–H groups in total. The van der Waals surface area contributed by atoms with Crippen LogP contribution in [0.15, 0.2) is 48.5 Å². The maximum absolute atomic E-state index is 12.4. The Balaban J connectivity index is 2.16. The summed E-state index contributed by atoms with van der Waals surface area (Å²) in [6.07, 6.45) is 0.356. The smallest absolute Gasteiger partial charge is 0.257 e. The maximum atomic E-state index is 12.4. The molecule has 0 spiro atoms. The van der Waals surface area contributed by atoms with Crippen molar-refractivity contribution in [2.45, 2.75) is 13.3 Å². The molecule has 0 bridgehead atoms. The third-order valence-corrected chi connectivity index (χ3v) is 3.11. The number of ether oxygens (including phenoxy) is 1. The summed E-state index contributed by atoms with van der Waals surface area (Å²) in [6.45, 7) is 1.76. The van der Waals surface area contributed by atoms with Crippen LogP contribution in [0, 0.1) is 0 Å². The molecule has 5 heteroatoms. The van der Waals surface area contributed by atoms with Crippen LogP contribution in [0.3, 0.4) is 0 Å². The van der Waals surface area contributed by atoms with Gasteiger partial charge in [-0.2, -0.15) is 0 Å². The molecule has 0 aliphatic carbocycles. The van der Waals surface area contributed by atoms with Gasteiger partial charge < -0.3 is 15.4 Å². The Hall–Kier alpha value is -2.82. The van der Waals surface area contributed by atoms with E-state index in [2.05, 4.69) is 10.6 Å². The molecule has 0 unspecified atom stereocenters. The van der Waals surface area contributed by atoms with Crippen LogP contribution in [-0.4, -0.2) is 18.9 Å². The van der Waals surface area contributed by atoms with Crippen LogP contribution >= 0.6 is 0 Å². The maximum Gasteiger partial charge on any atom is 0.257 e. The van der Waals surface area contributed by atoms with Crippen molar-refractivity contribution < 1.29 is 14.3 Å². The number of nitrogens with one attached hydrogen (secondary N) is 2. The van der Waals surface area contributed by atoms with E-state index in [1.807, 2.05) is 0 Å². The molecule has 0 aliphatic heterocycles. The minimum Gasteiger partial charge on any atom is -0.497 e. The predicted molar refractivity (Wildman–Crippen MR) is 86.3 cm³/mol. The van der Waals surface area contributed by atoms with Crippen LogP contribution in [0.1, 0.15) is 23.7 Å². The van der Waals surface area contributed by atoms with E-state index in [0.29, 0.717) is 29.1 Å². The summed E-state index contributed by atoms with van der Waals surface area (Å²) in [5.41, 5.74) is 1.57. The molecule has 0 radical (unpaired) electrons. The van der Waals surface area contributed by atoms with Gasteiger partial charge in [-0.15, -0.1) is 0 Å². The van der Waals surface area contributed by atoms with Crippen LogP contribution in [0.5, 0.6) is 5.75 Å². The first-order chi connectivity index (χ1) is 10.6. The Morgan fingerprint density at radius 2 is 1.68 bits per heavy atom. The number of hydrogen-bond donors (Lipinski definition) is 2. The van der Waals surface area contributed by atoms with Gasteiger partial charge in [-0.3, -0.25) is 9.59 Å². The first-order valence-electron chi connectivity index (χ1n) is 6.98. The third kappa shape index (κ3) is 3.85. The molecule has 0 saturated heterocycles. The van der Waals surface area contributed by atoms with Crippen molar-refractivity contribution in [1.29, 1.82) is 0 Å². The zero-order valence-corrected chi connectivity index (χ0v) is 12.6. The molecule has 2 aromatic rings. The molecular weight excluding hydrogens is 280 g/mol. The van der Waals surface area contributed by atoms with E-state index < -0.39 is 0 Å². The van der Waals surface area contributed by atoms with Crippen LogP contribution in [0.4, 0.5) is 11.4 Å². The Morgan fingerprint density at radius 1 is 1.00 bits per heavy atom. The zero-order chi connectivity index (χ0) is 15.9. The predicted octanol–water partition coefficient (Wildman–Crippen LogP) is 3.30. The fourth-order valence-corrected chi connectivity index (χ4v) is 1.90. The van der Waals surface area contributed by atoms with Crippen molar-refractivity contribution in [2.24, 2.45) is 0 Å². The van der Waals surface area contributed by atoms with Crippen molar-refractivity contribution in [3.05, 3.63) is 54.1 Å². The number of benzene rings is 2. The normalized spacial score (nSPS) is 9.91. The molecule has 0 aliphatic rings. The second-order valence-electron chi connectivity index (χ2n) is 4.63. The molecule has 0 atom stereocenters. The second kappa shape index (κ2) is 7.26. The summed E-state index contributed by atoms with van der Waals surface area (Å²) < 4.78 is 5.07. The standard InChI is InChI=1S/C17H18N2O3/c1-3-16(20)19-15-7-5-4-6-14(15)17(21)18-12-8-10-13(22-2)11-9-12/h4-11H,3H2,1-2H3,(H,18,21)(H,19,20). The Labute approximate surface area is 129 Å². The molecule has 0 fully saturated rings. The van der Waals surface area contributed by atoms with Gasteiger partial charge in [0, 0.05) is 12.1 Å². The van der Waals surface area contributed by atoms with Crippen LogP contribution in [0.2, 0.25) is 0 Å². The molecule has 2 aromatic carbocycles. The lowest BCUT2D eigenvalue weighted by atomic mass is 10.1. The number of hydrogen-bond acceptors (Lipinski definition) is 3. The number of anilines is 2. The van der Waals surface area contributed by atoms with Gasteiger partial charge in [-0.05, 0) is 36.4 Å². The van der Waals surface area contributed by atoms with Crippen molar-refractivity contribution in [3.63, 3.8) is 0 Å². The summed E-state index contributed by atoms with van der Waals surface area (Å²) in [6, 6.07) is 13.9. The molecule has 2 amide bonds. The van der Waals surface area contributed by atoms with Crippen LogP contribution < -0.4 is 15.4 Å². The quantitative estimate of drug-likeness (QED) is 0.890. The number of amides is 2. The zero-order valence-electron chi connectivity index (χ0n) is 12.6. The van der Waals surface area contributed by atoms with Gasteiger partial charge in [0.05, 0.1) is 18.4 Å². The minimum absolute atomic E-state index is 0.135.